The molecule has 0 rings (SSSR count). The zero-order chi connectivity index (χ0) is 15.4. The fraction of sp³-hybridized carbons (Fsp3) is 0.857. The summed E-state index contributed by atoms with van der Waals surface area (Å²) in [5.41, 5.74) is 5.48. The van der Waals surface area contributed by atoms with Crippen molar-refractivity contribution in [2.24, 2.45) is 11.1 Å². The Kier molecular flexibility index (Phi) is 6.00. The molecule has 5 nitrogen and oxygen atoms in total. The molecular weight excluding hydrogens is 244 g/mol. The van der Waals surface area contributed by atoms with E-state index >= 15 is 0 Å². The largest absolute Gasteiger partial charge is 0.481 e. The molecule has 0 aromatic rings. The standard InChI is InChI=1S/C14H28N2O3/c1-13(2,3)10(15)9-11(17)16(14(4,5)6)8-7-12(18)19/h10H,7-9,15H2,1-6H3,(H,18,19). The first-order chi connectivity index (χ1) is 8.35. The lowest BCUT2D eigenvalue weighted by Gasteiger charge is -2.37. The second kappa shape index (κ2) is 6.37. The number of aliphatic carboxylic acids is 1. The highest BCUT2D eigenvalue weighted by Gasteiger charge is 2.30. The van der Waals surface area contributed by atoms with Crippen LogP contribution in [0.25, 0.3) is 0 Å². The van der Waals surface area contributed by atoms with Gasteiger partial charge in [-0.25, -0.2) is 0 Å². The van der Waals surface area contributed by atoms with Crippen molar-refractivity contribution in [3.63, 3.8) is 0 Å². The molecule has 0 aliphatic heterocycles. The van der Waals surface area contributed by atoms with Crippen LogP contribution in [0.3, 0.4) is 0 Å². The third kappa shape index (κ3) is 6.57. The summed E-state index contributed by atoms with van der Waals surface area (Å²) in [5.74, 6) is -0.988. The van der Waals surface area contributed by atoms with Gasteiger partial charge < -0.3 is 15.7 Å². The van der Waals surface area contributed by atoms with Gasteiger partial charge in [-0.3, -0.25) is 9.59 Å². The van der Waals surface area contributed by atoms with Crippen molar-refractivity contribution in [1.82, 2.24) is 4.90 Å². The zero-order valence-corrected chi connectivity index (χ0v) is 13.0. The van der Waals surface area contributed by atoms with Crippen LogP contribution < -0.4 is 5.73 Å². The molecule has 0 saturated carbocycles. The molecule has 0 aliphatic rings. The van der Waals surface area contributed by atoms with Crippen molar-refractivity contribution in [1.29, 1.82) is 0 Å². The van der Waals surface area contributed by atoms with Crippen LogP contribution in [0.1, 0.15) is 54.4 Å². The lowest BCUT2D eigenvalue weighted by atomic mass is 9.85. The van der Waals surface area contributed by atoms with E-state index in [9.17, 15) is 9.59 Å². The number of rotatable bonds is 5. The Morgan fingerprint density at radius 3 is 1.95 bits per heavy atom. The number of carbonyl (C=O) groups is 2. The minimum absolute atomic E-state index is 0.0479. The Hall–Kier alpha value is -1.10. The molecule has 19 heavy (non-hydrogen) atoms. The van der Waals surface area contributed by atoms with Gasteiger partial charge >= 0.3 is 5.97 Å². The number of carboxylic acids is 1. The van der Waals surface area contributed by atoms with E-state index < -0.39 is 11.5 Å². The SMILES string of the molecule is CC(C)(C)C(N)CC(=O)N(CCC(=O)O)C(C)(C)C. The normalized spacial score (nSPS) is 14.1. The molecule has 0 aliphatic carbocycles. The van der Waals surface area contributed by atoms with E-state index in [0.717, 1.165) is 0 Å². The van der Waals surface area contributed by atoms with Gasteiger partial charge in [-0.1, -0.05) is 20.8 Å². The van der Waals surface area contributed by atoms with Crippen LogP contribution in [0.2, 0.25) is 0 Å². The predicted molar refractivity (Wildman–Crippen MR) is 75.8 cm³/mol. The molecule has 0 fully saturated rings. The molecule has 3 N–H and O–H groups in total. The summed E-state index contributed by atoms with van der Waals surface area (Å²) in [4.78, 5) is 24.6. The van der Waals surface area contributed by atoms with Crippen molar-refractivity contribution in [3.8, 4) is 0 Å². The van der Waals surface area contributed by atoms with E-state index in [4.69, 9.17) is 10.8 Å². The van der Waals surface area contributed by atoms with Gasteiger partial charge in [0.25, 0.3) is 0 Å². The molecule has 0 heterocycles. The molecule has 0 aromatic carbocycles. The number of amides is 1. The Balaban J connectivity index is 4.78. The number of hydrogen-bond acceptors (Lipinski definition) is 3. The van der Waals surface area contributed by atoms with E-state index in [1.54, 1.807) is 4.90 Å². The zero-order valence-electron chi connectivity index (χ0n) is 13.0. The van der Waals surface area contributed by atoms with E-state index in [2.05, 4.69) is 0 Å². The van der Waals surface area contributed by atoms with E-state index in [1.807, 2.05) is 41.5 Å². The van der Waals surface area contributed by atoms with Crippen molar-refractivity contribution in [3.05, 3.63) is 0 Å². The van der Waals surface area contributed by atoms with Crippen molar-refractivity contribution < 1.29 is 14.7 Å². The molecule has 0 aromatic heterocycles. The smallest absolute Gasteiger partial charge is 0.305 e. The topological polar surface area (TPSA) is 83.6 Å². The van der Waals surface area contributed by atoms with Gasteiger partial charge in [0.1, 0.15) is 0 Å². The third-order valence-corrected chi connectivity index (χ3v) is 3.17. The van der Waals surface area contributed by atoms with E-state index in [1.165, 1.54) is 0 Å². The fourth-order valence-corrected chi connectivity index (χ4v) is 1.65. The Morgan fingerprint density at radius 1 is 1.16 bits per heavy atom. The highest BCUT2D eigenvalue weighted by Crippen LogP contribution is 2.22. The Morgan fingerprint density at radius 2 is 1.63 bits per heavy atom. The lowest BCUT2D eigenvalue weighted by Crippen LogP contribution is -2.49. The van der Waals surface area contributed by atoms with E-state index in [0.29, 0.717) is 0 Å². The monoisotopic (exact) mass is 272 g/mol. The van der Waals surface area contributed by atoms with Gasteiger partial charge in [0.15, 0.2) is 0 Å². The lowest BCUT2D eigenvalue weighted by molar-refractivity contribution is -0.141. The molecule has 0 bridgehead atoms. The second-order valence-electron chi connectivity index (χ2n) is 7.04. The molecule has 1 unspecified atom stereocenters. The summed E-state index contributed by atoms with van der Waals surface area (Å²) in [6.45, 7) is 11.9. The maximum atomic E-state index is 12.3. The molecule has 0 saturated heterocycles. The summed E-state index contributed by atoms with van der Waals surface area (Å²) in [6.07, 6.45) is 0.189. The molecule has 5 heteroatoms. The van der Waals surface area contributed by atoms with Gasteiger partial charge in [0, 0.05) is 24.5 Å². The molecular formula is C14H28N2O3. The first-order valence-corrected chi connectivity index (χ1v) is 6.63. The number of nitrogens with zero attached hydrogens (tertiary/aromatic N) is 1. The minimum atomic E-state index is -0.901. The van der Waals surface area contributed by atoms with Crippen molar-refractivity contribution in [2.45, 2.75) is 66.0 Å². The average Bonchev–Trinajstić information content (AvgIpc) is 2.13. The van der Waals surface area contributed by atoms with Crippen LogP contribution in [-0.4, -0.2) is 40.0 Å². The molecule has 0 radical (unpaired) electrons. The van der Waals surface area contributed by atoms with Crippen LogP contribution in [0.4, 0.5) is 0 Å². The average molecular weight is 272 g/mol. The van der Waals surface area contributed by atoms with Crippen LogP contribution in [0, 0.1) is 5.41 Å². The summed E-state index contributed by atoms with van der Waals surface area (Å²) in [7, 11) is 0. The highest BCUT2D eigenvalue weighted by molar-refractivity contribution is 5.78. The molecule has 1 amide bonds. The van der Waals surface area contributed by atoms with Crippen LogP contribution in [0.5, 0.6) is 0 Å². The van der Waals surface area contributed by atoms with Crippen molar-refractivity contribution in [2.75, 3.05) is 6.54 Å². The number of nitrogens with two attached hydrogens (primary N) is 1. The first-order valence-electron chi connectivity index (χ1n) is 6.63. The third-order valence-electron chi connectivity index (χ3n) is 3.17. The summed E-state index contributed by atoms with van der Waals surface area (Å²) >= 11 is 0. The summed E-state index contributed by atoms with van der Waals surface area (Å²) < 4.78 is 0. The Labute approximate surface area is 116 Å². The molecule has 1 atom stereocenters. The van der Waals surface area contributed by atoms with Gasteiger partial charge in [-0.15, -0.1) is 0 Å². The Bertz CT molecular complexity index is 327. The van der Waals surface area contributed by atoms with E-state index in [-0.39, 0.29) is 36.8 Å². The van der Waals surface area contributed by atoms with Crippen LogP contribution in [0.15, 0.2) is 0 Å². The molecule has 112 valence electrons. The van der Waals surface area contributed by atoms with Gasteiger partial charge in [-0.05, 0) is 26.2 Å². The second-order valence-corrected chi connectivity index (χ2v) is 7.04. The maximum absolute atomic E-state index is 12.3. The minimum Gasteiger partial charge on any atom is -0.481 e. The first kappa shape index (κ1) is 17.9. The fourth-order valence-electron chi connectivity index (χ4n) is 1.65. The van der Waals surface area contributed by atoms with Crippen molar-refractivity contribution >= 4 is 11.9 Å². The molecule has 0 spiro atoms. The summed E-state index contributed by atoms with van der Waals surface area (Å²) in [5, 5.41) is 8.76. The number of hydrogen-bond donors (Lipinski definition) is 2. The van der Waals surface area contributed by atoms with Crippen LogP contribution >= 0.6 is 0 Å². The maximum Gasteiger partial charge on any atom is 0.305 e. The highest BCUT2D eigenvalue weighted by atomic mass is 16.4. The number of carboxylic acid groups (broad SMARTS) is 1. The van der Waals surface area contributed by atoms with Gasteiger partial charge in [0.2, 0.25) is 5.91 Å². The summed E-state index contributed by atoms with van der Waals surface area (Å²) in [6, 6.07) is -0.241. The van der Waals surface area contributed by atoms with Crippen LogP contribution in [-0.2, 0) is 9.59 Å². The quantitative estimate of drug-likeness (QED) is 0.800. The van der Waals surface area contributed by atoms with Gasteiger partial charge in [0.05, 0.1) is 6.42 Å². The predicted octanol–water partition coefficient (Wildman–Crippen LogP) is 1.85. The van der Waals surface area contributed by atoms with Gasteiger partial charge in [-0.2, -0.15) is 0 Å². The number of carbonyl (C=O) groups excluding carboxylic acids is 1.